The van der Waals surface area contributed by atoms with Crippen molar-refractivity contribution >= 4 is 5.91 Å². The van der Waals surface area contributed by atoms with E-state index < -0.39 is 0 Å². The summed E-state index contributed by atoms with van der Waals surface area (Å²) in [6.45, 7) is 12.7. The molecule has 0 aromatic heterocycles. The van der Waals surface area contributed by atoms with Crippen molar-refractivity contribution in [2.75, 3.05) is 19.6 Å². The van der Waals surface area contributed by atoms with Crippen molar-refractivity contribution in [1.82, 2.24) is 4.90 Å². The van der Waals surface area contributed by atoms with E-state index >= 15 is 0 Å². The zero-order chi connectivity index (χ0) is 14.2. The lowest BCUT2D eigenvalue weighted by atomic mass is 9.77. The normalized spacial score (nSPS) is 11.9. The second-order valence-corrected chi connectivity index (χ2v) is 5.72. The molecule has 0 rings (SSSR count). The van der Waals surface area contributed by atoms with Gasteiger partial charge < -0.3 is 10.6 Å². The van der Waals surface area contributed by atoms with Gasteiger partial charge in [-0.15, -0.1) is 0 Å². The number of nitrogens with two attached hydrogens (primary N) is 1. The fraction of sp³-hybridized carbons (Fsp3) is 0.933. The van der Waals surface area contributed by atoms with E-state index in [1.165, 1.54) is 0 Å². The number of nitrogens with zero attached hydrogens (tertiary/aromatic N) is 1. The van der Waals surface area contributed by atoms with Crippen molar-refractivity contribution in [2.24, 2.45) is 17.1 Å². The number of hydrogen-bond acceptors (Lipinski definition) is 2. The lowest BCUT2D eigenvalue weighted by molar-refractivity contribution is -0.143. The second kappa shape index (κ2) is 8.52. The average Bonchev–Trinajstić information content (AvgIpc) is 2.34. The lowest BCUT2D eigenvalue weighted by Crippen LogP contribution is -2.49. The molecule has 0 heterocycles. The Hall–Kier alpha value is -0.570. The van der Waals surface area contributed by atoms with Crippen molar-refractivity contribution in [1.29, 1.82) is 0 Å². The monoisotopic (exact) mass is 256 g/mol. The molecule has 0 radical (unpaired) electrons. The summed E-state index contributed by atoms with van der Waals surface area (Å²) in [5.74, 6) is 0.775. The van der Waals surface area contributed by atoms with Crippen LogP contribution in [0.3, 0.4) is 0 Å². The summed E-state index contributed by atoms with van der Waals surface area (Å²) < 4.78 is 0. The predicted molar refractivity (Wildman–Crippen MR) is 78.4 cm³/mol. The summed E-state index contributed by atoms with van der Waals surface area (Å²) in [6.07, 6.45) is 3.85. The molecule has 0 aromatic carbocycles. The number of hydrogen-bond donors (Lipinski definition) is 1. The molecule has 0 saturated carbocycles. The van der Waals surface area contributed by atoms with Gasteiger partial charge in [-0.25, -0.2) is 0 Å². The fourth-order valence-corrected chi connectivity index (χ4v) is 2.72. The smallest absolute Gasteiger partial charge is 0.230 e. The summed E-state index contributed by atoms with van der Waals surface area (Å²) in [5.41, 5.74) is 5.63. The first-order valence-electron chi connectivity index (χ1n) is 7.46. The zero-order valence-corrected chi connectivity index (χ0v) is 13.0. The summed E-state index contributed by atoms with van der Waals surface area (Å²) in [7, 11) is 0. The Kier molecular flexibility index (Phi) is 8.25. The molecular weight excluding hydrogens is 224 g/mol. The third-order valence-electron chi connectivity index (χ3n) is 3.56. The minimum absolute atomic E-state index is 0.268. The van der Waals surface area contributed by atoms with Crippen LogP contribution in [0.4, 0.5) is 0 Å². The van der Waals surface area contributed by atoms with E-state index in [2.05, 4.69) is 34.6 Å². The summed E-state index contributed by atoms with van der Waals surface area (Å²) in [5, 5.41) is 0. The van der Waals surface area contributed by atoms with Crippen molar-refractivity contribution in [3.8, 4) is 0 Å². The first-order chi connectivity index (χ1) is 8.47. The van der Waals surface area contributed by atoms with Gasteiger partial charge in [0.05, 0.1) is 5.41 Å². The SMILES string of the molecule is CCCC(CN)(CCC)C(=O)N(CC)CC(C)C. The molecular formula is C15H32N2O. The maximum atomic E-state index is 12.8. The fourth-order valence-electron chi connectivity index (χ4n) is 2.72. The highest BCUT2D eigenvalue weighted by atomic mass is 16.2. The third-order valence-corrected chi connectivity index (χ3v) is 3.56. The Bertz CT molecular complexity index is 233. The Labute approximate surface area is 113 Å². The Morgan fingerprint density at radius 1 is 1.17 bits per heavy atom. The van der Waals surface area contributed by atoms with Gasteiger partial charge in [-0.1, -0.05) is 40.5 Å². The van der Waals surface area contributed by atoms with Gasteiger partial charge in [0.2, 0.25) is 5.91 Å². The van der Waals surface area contributed by atoms with Gasteiger partial charge in [-0.3, -0.25) is 4.79 Å². The maximum absolute atomic E-state index is 12.8. The Morgan fingerprint density at radius 3 is 1.94 bits per heavy atom. The molecule has 1 amide bonds. The van der Waals surface area contributed by atoms with E-state index in [9.17, 15) is 4.79 Å². The zero-order valence-electron chi connectivity index (χ0n) is 13.0. The molecule has 3 heteroatoms. The second-order valence-electron chi connectivity index (χ2n) is 5.72. The molecule has 0 aliphatic heterocycles. The van der Waals surface area contributed by atoms with E-state index in [0.717, 1.165) is 38.8 Å². The molecule has 18 heavy (non-hydrogen) atoms. The molecule has 0 aliphatic rings. The van der Waals surface area contributed by atoms with Crippen LogP contribution in [0.5, 0.6) is 0 Å². The van der Waals surface area contributed by atoms with Gasteiger partial charge in [-0.05, 0) is 25.7 Å². The van der Waals surface area contributed by atoms with E-state index in [4.69, 9.17) is 5.73 Å². The van der Waals surface area contributed by atoms with Crippen molar-refractivity contribution in [3.63, 3.8) is 0 Å². The molecule has 2 N–H and O–H groups in total. The van der Waals surface area contributed by atoms with E-state index in [1.54, 1.807) is 0 Å². The van der Waals surface area contributed by atoms with E-state index in [-0.39, 0.29) is 11.3 Å². The van der Waals surface area contributed by atoms with Gasteiger partial charge in [0.1, 0.15) is 0 Å². The molecule has 0 saturated heterocycles. The first kappa shape index (κ1) is 17.4. The van der Waals surface area contributed by atoms with Crippen LogP contribution in [0.25, 0.3) is 0 Å². The van der Waals surface area contributed by atoms with Crippen LogP contribution in [0.2, 0.25) is 0 Å². The maximum Gasteiger partial charge on any atom is 0.230 e. The van der Waals surface area contributed by atoms with Crippen LogP contribution >= 0.6 is 0 Å². The van der Waals surface area contributed by atoms with Gasteiger partial charge in [0.15, 0.2) is 0 Å². The van der Waals surface area contributed by atoms with E-state index in [1.807, 2.05) is 4.90 Å². The average molecular weight is 256 g/mol. The van der Waals surface area contributed by atoms with Gasteiger partial charge in [0.25, 0.3) is 0 Å². The molecule has 0 spiro atoms. The summed E-state index contributed by atoms with van der Waals surface area (Å²) in [6, 6.07) is 0. The quantitative estimate of drug-likeness (QED) is 0.689. The van der Waals surface area contributed by atoms with Crippen LogP contribution in [0, 0.1) is 11.3 Å². The Morgan fingerprint density at radius 2 is 1.67 bits per heavy atom. The summed E-state index contributed by atoms with van der Waals surface area (Å²) in [4.78, 5) is 14.8. The number of carbonyl (C=O) groups excluding carboxylic acids is 1. The highest BCUT2D eigenvalue weighted by Gasteiger charge is 2.37. The van der Waals surface area contributed by atoms with Gasteiger partial charge >= 0.3 is 0 Å². The van der Waals surface area contributed by atoms with Gasteiger partial charge in [-0.2, -0.15) is 0 Å². The lowest BCUT2D eigenvalue weighted by Gasteiger charge is -2.36. The topological polar surface area (TPSA) is 46.3 Å². The largest absolute Gasteiger partial charge is 0.342 e. The molecule has 108 valence electrons. The van der Waals surface area contributed by atoms with Crippen molar-refractivity contribution in [2.45, 2.75) is 60.3 Å². The van der Waals surface area contributed by atoms with Crippen molar-refractivity contribution in [3.05, 3.63) is 0 Å². The summed E-state index contributed by atoms with van der Waals surface area (Å²) >= 11 is 0. The Balaban J connectivity index is 5.00. The number of rotatable bonds is 9. The molecule has 0 aliphatic carbocycles. The minimum atomic E-state index is -0.325. The molecule has 0 bridgehead atoms. The highest BCUT2D eigenvalue weighted by Crippen LogP contribution is 2.31. The van der Waals surface area contributed by atoms with Crippen LogP contribution in [0.1, 0.15) is 60.3 Å². The van der Waals surface area contributed by atoms with E-state index in [0.29, 0.717) is 12.5 Å². The highest BCUT2D eigenvalue weighted by molar-refractivity contribution is 5.83. The van der Waals surface area contributed by atoms with Crippen LogP contribution in [-0.4, -0.2) is 30.4 Å². The van der Waals surface area contributed by atoms with Crippen molar-refractivity contribution < 1.29 is 4.79 Å². The predicted octanol–water partition coefficient (Wildman–Crippen LogP) is 3.04. The van der Waals surface area contributed by atoms with Crippen LogP contribution in [-0.2, 0) is 4.79 Å². The number of amides is 1. The van der Waals surface area contributed by atoms with Crippen LogP contribution < -0.4 is 5.73 Å². The van der Waals surface area contributed by atoms with Gasteiger partial charge in [0, 0.05) is 19.6 Å². The first-order valence-corrected chi connectivity index (χ1v) is 7.46. The molecule has 0 fully saturated rings. The number of carbonyl (C=O) groups is 1. The van der Waals surface area contributed by atoms with Crippen LogP contribution in [0.15, 0.2) is 0 Å². The molecule has 3 nitrogen and oxygen atoms in total. The third kappa shape index (κ3) is 4.60. The molecule has 0 unspecified atom stereocenters. The standard InChI is InChI=1S/C15H32N2O/c1-6-9-15(12-16,10-7-2)14(18)17(8-3)11-13(4)5/h13H,6-12,16H2,1-5H3. The minimum Gasteiger partial charge on any atom is -0.342 e. The molecule has 0 atom stereocenters. The molecule has 0 aromatic rings.